The second-order valence-electron chi connectivity index (χ2n) is 5.07. The minimum atomic E-state index is 0. The molecule has 0 aliphatic carbocycles. The van der Waals surface area contributed by atoms with Gasteiger partial charge in [-0.15, -0.1) is 25.6 Å². The minimum Gasteiger partial charge on any atom is -0.342 e. The van der Waals surface area contributed by atoms with Gasteiger partial charge in [-0.2, -0.15) is 0 Å². The van der Waals surface area contributed by atoms with Gasteiger partial charge in [0.2, 0.25) is 5.91 Å². The molecular weight excluding hydrogens is 260 g/mol. The van der Waals surface area contributed by atoms with E-state index in [4.69, 9.17) is 0 Å². The maximum absolute atomic E-state index is 12.4. The maximum atomic E-state index is 12.4. The molecule has 1 N–H and O–H groups in total. The number of piperidine rings is 1. The van der Waals surface area contributed by atoms with E-state index in [1.54, 1.807) is 0 Å². The van der Waals surface area contributed by atoms with E-state index in [1.807, 2.05) is 24.1 Å². The van der Waals surface area contributed by atoms with Gasteiger partial charge in [0.25, 0.3) is 0 Å². The predicted octanol–water partition coefficient (Wildman–Crippen LogP) is 2.63. The van der Waals surface area contributed by atoms with Crippen LogP contribution in [-0.2, 0) is 4.79 Å². The van der Waals surface area contributed by atoms with Crippen LogP contribution in [0.25, 0.3) is 0 Å². The van der Waals surface area contributed by atoms with E-state index in [-0.39, 0.29) is 24.2 Å². The fourth-order valence-electron chi connectivity index (χ4n) is 2.60. The molecule has 4 heteroatoms. The number of nitrogens with zero attached hydrogens (tertiary/aromatic N) is 1. The van der Waals surface area contributed by atoms with Crippen molar-refractivity contribution in [2.24, 2.45) is 11.8 Å². The molecule has 0 saturated carbocycles. The monoisotopic (exact) mass is 286 g/mol. The number of allylic oxidation sites excluding steroid dienone is 2. The van der Waals surface area contributed by atoms with E-state index in [2.05, 4.69) is 18.5 Å². The van der Waals surface area contributed by atoms with E-state index in [1.165, 1.54) is 0 Å². The van der Waals surface area contributed by atoms with Crippen LogP contribution in [-0.4, -0.2) is 37.5 Å². The van der Waals surface area contributed by atoms with Crippen LogP contribution in [0.4, 0.5) is 0 Å². The van der Waals surface area contributed by atoms with Crippen molar-refractivity contribution in [2.45, 2.75) is 25.7 Å². The standard InChI is InChI=1S/C15H26N2O.ClH/c1-4-6-14(7-5-2)15(18)17-10-8-13(9-11-17)12-16-3;/h4-5,13-14,16H,1-2,6-12H2,3H3;1H. The molecule has 0 bridgehead atoms. The summed E-state index contributed by atoms with van der Waals surface area (Å²) in [5.74, 6) is 1.04. The molecule has 0 unspecified atom stereocenters. The van der Waals surface area contributed by atoms with E-state index in [9.17, 15) is 4.79 Å². The summed E-state index contributed by atoms with van der Waals surface area (Å²) in [6.45, 7) is 10.3. The lowest BCUT2D eigenvalue weighted by atomic mass is 9.94. The molecule has 0 radical (unpaired) electrons. The maximum Gasteiger partial charge on any atom is 0.226 e. The molecule has 1 aliphatic rings. The normalized spacial score (nSPS) is 16.0. The molecule has 19 heavy (non-hydrogen) atoms. The van der Waals surface area contributed by atoms with Gasteiger partial charge in [-0.1, -0.05) is 12.2 Å². The third-order valence-electron chi connectivity index (χ3n) is 3.67. The van der Waals surface area contributed by atoms with E-state index in [0.29, 0.717) is 0 Å². The number of likely N-dealkylation sites (tertiary alicyclic amines) is 1. The van der Waals surface area contributed by atoms with Crippen LogP contribution in [0.1, 0.15) is 25.7 Å². The van der Waals surface area contributed by atoms with Crippen molar-refractivity contribution < 1.29 is 4.79 Å². The Labute approximate surface area is 123 Å². The van der Waals surface area contributed by atoms with Gasteiger partial charge in [-0.3, -0.25) is 4.79 Å². The summed E-state index contributed by atoms with van der Waals surface area (Å²) < 4.78 is 0. The Kier molecular flexibility index (Phi) is 9.62. The van der Waals surface area contributed by atoms with Gasteiger partial charge in [-0.05, 0) is 45.2 Å². The Balaban J connectivity index is 0.00000324. The summed E-state index contributed by atoms with van der Waals surface area (Å²) in [4.78, 5) is 14.4. The molecule has 0 aromatic rings. The van der Waals surface area contributed by atoms with Crippen molar-refractivity contribution in [3.8, 4) is 0 Å². The Morgan fingerprint density at radius 3 is 2.26 bits per heavy atom. The Hall–Kier alpha value is -0.800. The smallest absolute Gasteiger partial charge is 0.226 e. The van der Waals surface area contributed by atoms with Crippen molar-refractivity contribution in [1.82, 2.24) is 10.2 Å². The molecule has 110 valence electrons. The molecule has 1 rings (SSSR count). The van der Waals surface area contributed by atoms with Crippen LogP contribution in [0.2, 0.25) is 0 Å². The first-order chi connectivity index (χ1) is 8.72. The fraction of sp³-hybridized carbons (Fsp3) is 0.667. The molecule has 1 saturated heterocycles. The first kappa shape index (κ1) is 18.2. The lowest BCUT2D eigenvalue weighted by Crippen LogP contribution is -2.43. The number of hydrogen-bond acceptors (Lipinski definition) is 2. The number of nitrogens with one attached hydrogen (secondary N) is 1. The number of hydrogen-bond donors (Lipinski definition) is 1. The highest BCUT2D eigenvalue weighted by molar-refractivity contribution is 5.85. The summed E-state index contributed by atoms with van der Waals surface area (Å²) in [5, 5.41) is 3.21. The summed E-state index contributed by atoms with van der Waals surface area (Å²) in [6, 6.07) is 0. The molecule has 3 nitrogen and oxygen atoms in total. The van der Waals surface area contributed by atoms with Crippen molar-refractivity contribution >= 4 is 18.3 Å². The quantitative estimate of drug-likeness (QED) is 0.730. The van der Waals surface area contributed by atoms with E-state index < -0.39 is 0 Å². The molecule has 0 aromatic carbocycles. The van der Waals surface area contributed by atoms with Gasteiger partial charge in [0.1, 0.15) is 0 Å². The first-order valence-corrected chi connectivity index (χ1v) is 6.88. The number of carbonyl (C=O) groups excluding carboxylic acids is 1. The lowest BCUT2D eigenvalue weighted by molar-refractivity contribution is -0.136. The highest BCUT2D eigenvalue weighted by Crippen LogP contribution is 2.21. The zero-order chi connectivity index (χ0) is 13.4. The number of carbonyl (C=O) groups is 1. The third kappa shape index (κ3) is 5.79. The second kappa shape index (κ2) is 10.0. The lowest BCUT2D eigenvalue weighted by Gasteiger charge is -2.34. The van der Waals surface area contributed by atoms with Crippen molar-refractivity contribution in [3.05, 3.63) is 25.3 Å². The SMILES string of the molecule is C=CCC(CC=C)C(=O)N1CCC(CNC)CC1.Cl. The van der Waals surface area contributed by atoms with Gasteiger partial charge in [0.15, 0.2) is 0 Å². The molecule has 1 fully saturated rings. The first-order valence-electron chi connectivity index (χ1n) is 6.88. The van der Waals surface area contributed by atoms with Gasteiger partial charge in [0.05, 0.1) is 0 Å². The summed E-state index contributed by atoms with van der Waals surface area (Å²) in [5.41, 5.74) is 0. The minimum absolute atomic E-state index is 0. The number of halogens is 1. The van der Waals surface area contributed by atoms with Crippen LogP contribution in [0.3, 0.4) is 0 Å². The summed E-state index contributed by atoms with van der Waals surface area (Å²) >= 11 is 0. The molecule has 0 atom stereocenters. The van der Waals surface area contributed by atoms with Crippen LogP contribution < -0.4 is 5.32 Å². The zero-order valence-corrected chi connectivity index (χ0v) is 12.8. The van der Waals surface area contributed by atoms with Gasteiger partial charge in [-0.25, -0.2) is 0 Å². The highest BCUT2D eigenvalue weighted by atomic mass is 35.5. The van der Waals surface area contributed by atoms with Crippen LogP contribution >= 0.6 is 12.4 Å². The Morgan fingerprint density at radius 2 is 1.84 bits per heavy atom. The second-order valence-corrected chi connectivity index (χ2v) is 5.07. The Morgan fingerprint density at radius 1 is 1.32 bits per heavy atom. The molecule has 1 aliphatic heterocycles. The average Bonchev–Trinajstić information content (AvgIpc) is 2.39. The van der Waals surface area contributed by atoms with Gasteiger partial charge < -0.3 is 10.2 Å². The van der Waals surface area contributed by atoms with E-state index in [0.717, 1.165) is 51.2 Å². The largest absolute Gasteiger partial charge is 0.342 e. The highest BCUT2D eigenvalue weighted by Gasteiger charge is 2.26. The topological polar surface area (TPSA) is 32.3 Å². The van der Waals surface area contributed by atoms with E-state index >= 15 is 0 Å². The third-order valence-corrected chi connectivity index (χ3v) is 3.67. The number of amides is 1. The average molecular weight is 287 g/mol. The van der Waals surface area contributed by atoms with Gasteiger partial charge >= 0.3 is 0 Å². The zero-order valence-electron chi connectivity index (χ0n) is 11.9. The van der Waals surface area contributed by atoms with Crippen molar-refractivity contribution in [2.75, 3.05) is 26.7 Å². The molecule has 0 spiro atoms. The molecule has 1 heterocycles. The van der Waals surface area contributed by atoms with Crippen LogP contribution in [0.15, 0.2) is 25.3 Å². The molecule has 1 amide bonds. The molecular formula is C15H27ClN2O. The van der Waals surface area contributed by atoms with Gasteiger partial charge in [0, 0.05) is 19.0 Å². The summed E-state index contributed by atoms with van der Waals surface area (Å²) in [6.07, 6.45) is 7.39. The number of rotatable bonds is 7. The van der Waals surface area contributed by atoms with Crippen molar-refractivity contribution in [3.63, 3.8) is 0 Å². The summed E-state index contributed by atoms with van der Waals surface area (Å²) in [7, 11) is 1.99. The van der Waals surface area contributed by atoms with Crippen LogP contribution in [0, 0.1) is 11.8 Å². The molecule has 0 aromatic heterocycles. The fourth-order valence-corrected chi connectivity index (χ4v) is 2.60. The predicted molar refractivity (Wildman–Crippen MR) is 83.6 cm³/mol. The van der Waals surface area contributed by atoms with Crippen LogP contribution in [0.5, 0.6) is 0 Å². The van der Waals surface area contributed by atoms with Crippen molar-refractivity contribution in [1.29, 1.82) is 0 Å². The Bertz CT molecular complexity index is 276.